The molecule has 1 aliphatic carbocycles. The molecule has 1 aromatic heterocycles. The van der Waals surface area contributed by atoms with Crippen molar-refractivity contribution in [1.82, 2.24) is 15.3 Å². The van der Waals surface area contributed by atoms with Crippen molar-refractivity contribution in [1.29, 1.82) is 0 Å². The number of rotatable bonds is 8. The van der Waals surface area contributed by atoms with Gasteiger partial charge >= 0.3 is 12.0 Å². The fourth-order valence-electron chi connectivity index (χ4n) is 4.91. The maximum absolute atomic E-state index is 13.4. The normalized spacial score (nSPS) is 20.4. The third-order valence-electron chi connectivity index (χ3n) is 6.92. The molecule has 12 nitrogen and oxygen atoms in total. The Morgan fingerprint density at radius 1 is 1.27 bits per heavy atom. The van der Waals surface area contributed by atoms with Crippen molar-refractivity contribution in [3.8, 4) is 11.5 Å². The molecule has 1 aliphatic heterocycles. The summed E-state index contributed by atoms with van der Waals surface area (Å²) in [4.78, 5) is 49.5. The largest absolute Gasteiger partial charge is 0.506 e. The molecule has 2 aromatic rings. The summed E-state index contributed by atoms with van der Waals surface area (Å²) < 4.78 is 10.4. The van der Waals surface area contributed by atoms with Crippen LogP contribution in [0.2, 0.25) is 10.0 Å². The van der Waals surface area contributed by atoms with Crippen molar-refractivity contribution in [3.05, 3.63) is 40.5 Å². The number of ether oxygens (including phenoxy) is 2. The minimum Gasteiger partial charge on any atom is -0.506 e. The van der Waals surface area contributed by atoms with Gasteiger partial charge in [0.2, 0.25) is 11.9 Å². The quantitative estimate of drug-likeness (QED) is 0.307. The third-order valence-corrected chi connectivity index (χ3v) is 7.66. The average molecular weight is 593 g/mol. The second-order valence-corrected chi connectivity index (χ2v) is 10.1. The van der Waals surface area contributed by atoms with Gasteiger partial charge in [0.05, 0.1) is 37.9 Å². The van der Waals surface area contributed by atoms with Gasteiger partial charge in [0.15, 0.2) is 0 Å². The molecule has 214 valence electrons. The number of urea groups is 1. The van der Waals surface area contributed by atoms with Gasteiger partial charge in [-0.1, -0.05) is 29.8 Å². The number of halogens is 2. The Morgan fingerprint density at radius 2 is 2.02 bits per heavy atom. The van der Waals surface area contributed by atoms with Gasteiger partial charge in [0.25, 0.3) is 0 Å². The van der Waals surface area contributed by atoms with E-state index in [4.69, 9.17) is 32.7 Å². The van der Waals surface area contributed by atoms with Crippen LogP contribution in [0.15, 0.2) is 24.9 Å². The van der Waals surface area contributed by atoms with Gasteiger partial charge in [-0.25, -0.2) is 9.78 Å². The molecular weight excluding hydrogens is 563 g/mol. The number of esters is 1. The lowest BCUT2D eigenvalue weighted by molar-refractivity contribution is -0.149. The van der Waals surface area contributed by atoms with E-state index < -0.39 is 12.1 Å². The van der Waals surface area contributed by atoms with E-state index in [-0.39, 0.29) is 70.2 Å². The Hall–Kier alpha value is -3.77. The van der Waals surface area contributed by atoms with E-state index in [0.29, 0.717) is 30.6 Å². The minimum absolute atomic E-state index is 0.0352. The molecule has 4 rings (SSSR count). The van der Waals surface area contributed by atoms with E-state index in [9.17, 15) is 19.5 Å². The highest BCUT2D eigenvalue weighted by Gasteiger charge is 2.37. The Bertz CT molecular complexity index is 1340. The first-order chi connectivity index (χ1) is 19.1. The Labute approximate surface area is 241 Å². The molecule has 2 aliphatic rings. The van der Waals surface area contributed by atoms with Crippen molar-refractivity contribution in [2.45, 2.75) is 44.8 Å². The smallest absolute Gasteiger partial charge is 0.330 e. The van der Waals surface area contributed by atoms with E-state index in [1.54, 1.807) is 20.2 Å². The molecule has 1 saturated carbocycles. The molecule has 2 heterocycles. The van der Waals surface area contributed by atoms with Crippen LogP contribution in [0.1, 0.15) is 31.7 Å². The third kappa shape index (κ3) is 5.73. The molecule has 0 bridgehead atoms. The number of nitrogens with zero attached hydrogens (tertiary/aromatic N) is 4. The van der Waals surface area contributed by atoms with Crippen LogP contribution in [0.3, 0.4) is 0 Å². The van der Waals surface area contributed by atoms with Crippen molar-refractivity contribution in [2.24, 2.45) is 5.92 Å². The first-order valence-electron chi connectivity index (χ1n) is 12.6. The summed E-state index contributed by atoms with van der Waals surface area (Å²) >= 11 is 12.8. The van der Waals surface area contributed by atoms with Crippen LogP contribution in [-0.2, 0) is 20.9 Å². The van der Waals surface area contributed by atoms with Crippen molar-refractivity contribution < 1.29 is 29.0 Å². The molecule has 40 heavy (non-hydrogen) atoms. The van der Waals surface area contributed by atoms with E-state index in [0.717, 1.165) is 0 Å². The van der Waals surface area contributed by atoms with Gasteiger partial charge in [-0.2, -0.15) is 4.98 Å². The first-order valence-corrected chi connectivity index (χ1v) is 13.4. The van der Waals surface area contributed by atoms with E-state index in [1.165, 1.54) is 29.1 Å². The van der Waals surface area contributed by atoms with E-state index in [2.05, 4.69) is 27.2 Å². The summed E-state index contributed by atoms with van der Waals surface area (Å²) in [7, 11) is 2.93. The van der Waals surface area contributed by atoms with Crippen molar-refractivity contribution >= 4 is 58.6 Å². The highest BCUT2D eigenvalue weighted by molar-refractivity contribution is 6.42. The maximum atomic E-state index is 13.4. The van der Waals surface area contributed by atoms with Crippen LogP contribution in [-0.4, -0.2) is 65.8 Å². The monoisotopic (exact) mass is 592 g/mol. The lowest BCUT2D eigenvalue weighted by Crippen LogP contribution is -2.51. The van der Waals surface area contributed by atoms with Crippen LogP contribution in [0.5, 0.6) is 11.5 Å². The number of amides is 3. The molecule has 3 amide bonds. The van der Waals surface area contributed by atoms with E-state index in [1.807, 2.05) is 0 Å². The second-order valence-electron chi connectivity index (χ2n) is 9.38. The van der Waals surface area contributed by atoms with Gasteiger partial charge in [-0.3, -0.25) is 19.4 Å². The second kappa shape index (κ2) is 12.2. The number of fused-ring (bicyclic) bond motifs is 1. The summed E-state index contributed by atoms with van der Waals surface area (Å²) in [6.07, 6.45) is 4.23. The van der Waals surface area contributed by atoms with Crippen LogP contribution >= 0.6 is 23.2 Å². The molecule has 3 atom stereocenters. The summed E-state index contributed by atoms with van der Waals surface area (Å²) in [5.41, 5.74) is 0.702. The predicted molar refractivity (Wildman–Crippen MR) is 150 cm³/mol. The zero-order chi connectivity index (χ0) is 29.1. The topological polar surface area (TPSA) is 146 Å². The highest BCUT2D eigenvalue weighted by atomic mass is 35.5. The average Bonchev–Trinajstić information content (AvgIpc) is 2.94. The number of methoxy groups -OCH3 is 1. The Balaban J connectivity index is 1.58. The lowest BCUT2D eigenvalue weighted by Gasteiger charge is -2.37. The van der Waals surface area contributed by atoms with Crippen molar-refractivity contribution in [3.63, 3.8) is 0 Å². The number of nitrogens with one attached hydrogen (secondary N) is 2. The number of aromatic hydroxyl groups is 1. The molecule has 1 fully saturated rings. The van der Waals surface area contributed by atoms with Gasteiger partial charge < -0.3 is 25.2 Å². The minimum atomic E-state index is -0.486. The van der Waals surface area contributed by atoms with Gasteiger partial charge in [0, 0.05) is 30.9 Å². The molecule has 3 N–H and O–H groups in total. The lowest BCUT2D eigenvalue weighted by atomic mass is 9.82. The standard InChI is InChI=1S/C26H30Cl2N6O6/c1-5-19(36)30-16-9-13(24(37)40-6-2)7-8-15(16)31-25-29-11-14-12-34(26(38)33(3)23(14)32-25)22-20(27)17(35)10-18(39-4)21(22)28/h5,10-11,13,15-16,35H,1,6-9,12H2,2-4H3,(H,30,36)(H,29,31,32)/t13-,15-,16+/m1/s1. The van der Waals surface area contributed by atoms with Crippen LogP contribution < -0.4 is 25.2 Å². The summed E-state index contributed by atoms with van der Waals surface area (Å²) in [5, 5.41) is 16.4. The first kappa shape index (κ1) is 29.2. The molecule has 0 unspecified atom stereocenters. The zero-order valence-electron chi connectivity index (χ0n) is 22.2. The Kier molecular flexibility index (Phi) is 8.89. The SMILES string of the molecule is C=CC(=O)N[C@H]1C[C@H](C(=O)OCC)CC[C@H]1Nc1ncc2c(n1)N(C)C(=O)N(c1c(Cl)c(O)cc(OC)c1Cl)C2. The van der Waals surface area contributed by atoms with Gasteiger partial charge in [-0.15, -0.1) is 0 Å². The number of hydrogen-bond acceptors (Lipinski definition) is 9. The number of carbonyl (C=O) groups excluding carboxylic acids is 3. The summed E-state index contributed by atoms with van der Waals surface area (Å²) in [5.74, 6) is -0.513. The maximum Gasteiger partial charge on any atom is 0.330 e. The van der Waals surface area contributed by atoms with Crippen LogP contribution in [0.4, 0.5) is 22.2 Å². The number of aromatic nitrogens is 2. The number of phenols is 1. The number of carbonyl (C=O) groups is 3. The van der Waals surface area contributed by atoms with Crippen molar-refractivity contribution in [2.75, 3.05) is 35.9 Å². The summed E-state index contributed by atoms with van der Waals surface area (Å²) in [6.45, 7) is 5.58. The molecule has 1 aromatic carbocycles. The fourth-order valence-corrected chi connectivity index (χ4v) is 5.54. The van der Waals surface area contributed by atoms with Gasteiger partial charge in [-0.05, 0) is 32.3 Å². The molecule has 14 heteroatoms. The molecule has 0 spiro atoms. The number of anilines is 3. The Morgan fingerprint density at radius 3 is 2.70 bits per heavy atom. The predicted octanol–water partition coefficient (Wildman–Crippen LogP) is 3.89. The highest BCUT2D eigenvalue weighted by Crippen LogP contribution is 2.47. The molecule has 0 saturated heterocycles. The van der Waals surface area contributed by atoms with Crippen LogP contribution in [0.25, 0.3) is 0 Å². The number of benzene rings is 1. The van der Waals surface area contributed by atoms with Gasteiger partial charge in [0.1, 0.15) is 27.4 Å². The van der Waals surface area contributed by atoms with E-state index >= 15 is 0 Å². The fraction of sp³-hybridized carbons (Fsp3) is 0.423. The zero-order valence-corrected chi connectivity index (χ0v) is 23.8. The number of hydrogen-bond donors (Lipinski definition) is 3. The van der Waals surface area contributed by atoms with Crippen LogP contribution in [0, 0.1) is 5.92 Å². The molecule has 0 radical (unpaired) electrons. The number of phenolic OH excluding ortho intramolecular Hbond substituents is 1. The molecular formula is C26H30Cl2N6O6. The summed E-state index contributed by atoms with van der Waals surface area (Å²) in [6, 6.07) is 0.0885.